The maximum Gasteiger partial charge on any atom is 0.249 e. The van der Waals surface area contributed by atoms with Gasteiger partial charge in [-0.2, -0.15) is 0 Å². The van der Waals surface area contributed by atoms with Crippen molar-refractivity contribution < 1.29 is 9.18 Å². The van der Waals surface area contributed by atoms with Crippen molar-refractivity contribution in [3.8, 4) is 0 Å². The molecule has 0 spiro atoms. The highest BCUT2D eigenvalue weighted by Gasteiger charge is 2.05. The summed E-state index contributed by atoms with van der Waals surface area (Å²) in [5.41, 5.74) is 0.843. The number of carbonyl (C=O) groups is 1. The summed E-state index contributed by atoms with van der Waals surface area (Å²) in [5.74, 6) is -0.580. The number of aromatic nitrogens is 1. The van der Waals surface area contributed by atoms with Gasteiger partial charge in [-0.05, 0) is 45.8 Å². The Balaban J connectivity index is 2.03. The monoisotopic (exact) mass is 354 g/mol. The number of benzene rings is 1. The van der Waals surface area contributed by atoms with Gasteiger partial charge in [0, 0.05) is 11.1 Å². The van der Waals surface area contributed by atoms with Crippen LogP contribution >= 0.6 is 27.5 Å². The lowest BCUT2D eigenvalue weighted by Gasteiger charge is -2.03. The van der Waals surface area contributed by atoms with Crippen molar-refractivity contribution in [3.63, 3.8) is 0 Å². The number of hydrogen-bond donors (Lipinski definition) is 1. The minimum Gasteiger partial charge on any atom is -0.306 e. The Hall–Kier alpha value is -1.72. The summed E-state index contributed by atoms with van der Waals surface area (Å²) < 4.78 is 13.2. The maximum atomic E-state index is 12.9. The van der Waals surface area contributed by atoms with Gasteiger partial charge in [0.2, 0.25) is 5.91 Å². The normalized spacial score (nSPS) is 10.8. The van der Waals surface area contributed by atoms with Gasteiger partial charge < -0.3 is 5.32 Å². The first kappa shape index (κ1) is 14.7. The third-order valence-corrected chi connectivity index (χ3v) is 3.20. The van der Waals surface area contributed by atoms with Crippen molar-refractivity contribution in [2.75, 3.05) is 5.32 Å². The molecule has 102 valence electrons. The van der Waals surface area contributed by atoms with Crippen molar-refractivity contribution >= 4 is 45.3 Å². The zero-order valence-corrected chi connectivity index (χ0v) is 12.5. The van der Waals surface area contributed by atoms with Gasteiger partial charge in [-0.1, -0.05) is 23.7 Å². The molecule has 0 bridgehead atoms. The molecule has 0 radical (unpaired) electrons. The van der Waals surface area contributed by atoms with Gasteiger partial charge in [0.25, 0.3) is 0 Å². The first-order chi connectivity index (χ1) is 9.54. The Labute approximate surface area is 128 Å². The topological polar surface area (TPSA) is 42.0 Å². The first-order valence-electron chi connectivity index (χ1n) is 5.60. The van der Waals surface area contributed by atoms with Gasteiger partial charge in [-0.15, -0.1) is 0 Å². The Morgan fingerprint density at radius 2 is 2.05 bits per heavy atom. The van der Waals surface area contributed by atoms with Crippen LogP contribution in [0.2, 0.25) is 5.02 Å². The number of amides is 1. The molecule has 2 rings (SSSR count). The van der Waals surface area contributed by atoms with E-state index in [0.29, 0.717) is 9.50 Å². The third-order valence-electron chi connectivity index (χ3n) is 2.35. The highest BCUT2D eigenvalue weighted by molar-refractivity contribution is 9.10. The van der Waals surface area contributed by atoms with E-state index < -0.39 is 5.82 Å². The summed E-state index contributed by atoms with van der Waals surface area (Å²) in [4.78, 5) is 15.5. The predicted octanol–water partition coefficient (Wildman–Crippen LogP) is 4.29. The molecule has 0 saturated heterocycles. The van der Waals surface area contributed by atoms with Crippen LogP contribution in [0.25, 0.3) is 6.08 Å². The Kier molecular flexibility index (Phi) is 4.87. The number of rotatable bonds is 3. The summed E-state index contributed by atoms with van der Waals surface area (Å²) in [6.45, 7) is 0. The molecule has 0 aliphatic heterocycles. The minimum atomic E-state index is -0.480. The molecule has 3 nitrogen and oxygen atoms in total. The summed E-state index contributed by atoms with van der Waals surface area (Å²) >= 11 is 8.89. The molecule has 6 heteroatoms. The van der Waals surface area contributed by atoms with E-state index >= 15 is 0 Å². The average molecular weight is 356 g/mol. The van der Waals surface area contributed by atoms with Crippen molar-refractivity contribution in [1.29, 1.82) is 0 Å². The molecular weight excluding hydrogens is 347 g/mol. The molecule has 20 heavy (non-hydrogen) atoms. The van der Waals surface area contributed by atoms with Crippen molar-refractivity contribution in [3.05, 3.63) is 63.5 Å². The average Bonchev–Trinajstić information content (AvgIpc) is 2.41. The molecule has 0 atom stereocenters. The SMILES string of the molecule is O=C(/C=C/c1ccc(Cl)cc1)Nc1ncc(F)cc1Br. The number of carbonyl (C=O) groups excluding carboxylic acids is 1. The number of halogens is 3. The third kappa shape index (κ3) is 4.15. The maximum absolute atomic E-state index is 12.9. The van der Waals surface area contributed by atoms with Gasteiger partial charge in [-0.3, -0.25) is 4.79 Å². The fraction of sp³-hybridized carbons (Fsp3) is 0. The molecule has 2 aromatic rings. The molecule has 0 aliphatic rings. The highest BCUT2D eigenvalue weighted by atomic mass is 79.9. The minimum absolute atomic E-state index is 0.261. The van der Waals surface area contributed by atoms with Crippen molar-refractivity contribution in [2.45, 2.75) is 0 Å². The fourth-order valence-corrected chi connectivity index (χ4v) is 1.96. The van der Waals surface area contributed by atoms with Crippen LogP contribution in [0.5, 0.6) is 0 Å². The van der Waals surface area contributed by atoms with E-state index in [1.54, 1.807) is 30.3 Å². The van der Waals surface area contributed by atoms with Crippen LogP contribution in [0.15, 0.2) is 47.1 Å². The predicted molar refractivity (Wildman–Crippen MR) is 81.0 cm³/mol. The molecule has 1 amide bonds. The van der Waals surface area contributed by atoms with Crippen LogP contribution in [0.3, 0.4) is 0 Å². The van der Waals surface area contributed by atoms with Crippen LogP contribution in [0.1, 0.15) is 5.56 Å². The molecule has 1 aromatic heterocycles. The molecule has 0 unspecified atom stereocenters. The first-order valence-corrected chi connectivity index (χ1v) is 6.77. The lowest BCUT2D eigenvalue weighted by Crippen LogP contribution is -2.09. The van der Waals surface area contributed by atoms with Gasteiger partial charge in [-0.25, -0.2) is 9.37 Å². The number of hydrogen-bond acceptors (Lipinski definition) is 2. The number of pyridine rings is 1. The van der Waals surface area contributed by atoms with Gasteiger partial charge in [0.15, 0.2) is 0 Å². The second-order valence-electron chi connectivity index (χ2n) is 3.86. The van der Waals surface area contributed by atoms with Gasteiger partial charge in [0.1, 0.15) is 11.6 Å². The second kappa shape index (κ2) is 6.63. The molecule has 0 saturated carbocycles. The second-order valence-corrected chi connectivity index (χ2v) is 5.15. The molecule has 1 heterocycles. The van der Waals surface area contributed by atoms with E-state index in [-0.39, 0.29) is 11.7 Å². The Morgan fingerprint density at radius 3 is 2.70 bits per heavy atom. The summed E-state index contributed by atoms with van der Waals surface area (Å²) in [7, 11) is 0. The molecular formula is C14H9BrClFN2O. The smallest absolute Gasteiger partial charge is 0.249 e. The highest BCUT2D eigenvalue weighted by Crippen LogP contribution is 2.20. The van der Waals surface area contributed by atoms with E-state index in [0.717, 1.165) is 11.8 Å². The summed E-state index contributed by atoms with van der Waals surface area (Å²) in [5, 5.41) is 3.17. The lowest BCUT2D eigenvalue weighted by atomic mass is 10.2. The van der Waals surface area contributed by atoms with Crippen LogP contribution in [0.4, 0.5) is 10.2 Å². The van der Waals surface area contributed by atoms with E-state index in [1.807, 2.05) is 0 Å². The van der Waals surface area contributed by atoms with Crippen LogP contribution < -0.4 is 5.32 Å². The Bertz CT molecular complexity index is 659. The largest absolute Gasteiger partial charge is 0.306 e. The van der Waals surface area contributed by atoms with E-state index in [4.69, 9.17) is 11.6 Å². The zero-order chi connectivity index (χ0) is 14.5. The van der Waals surface area contributed by atoms with Crippen molar-refractivity contribution in [2.24, 2.45) is 0 Å². The molecule has 0 fully saturated rings. The van der Waals surface area contributed by atoms with E-state index in [9.17, 15) is 9.18 Å². The van der Waals surface area contributed by atoms with Crippen LogP contribution in [-0.2, 0) is 4.79 Å². The van der Waals surface area contributed by atoms with Crippen LogP contribution in [0, 0.1) is 5.82 Å². The molecule has 1 aromatic carbocycles. The number of nitrogens with one attached hydrogen (secondary N) is 1. The summed E-state index contributed by atoms with van der Waals surface area (Å²) in [6, 6.07) is 8.27. The van der Waals surface area contributed by atoms with Gasteiger partial charge in [0.05, 0.1) is 10.7 Å². The lowest BCUT2D eigenvalue weighted by molar-refractivity contribution is -0.111. The van der Waals surface area contributed by atoms with E-state index in [2.05, 4.69) is 26.2 Å². The fourth-order valence-electron chi connectivity index (χ4n) is 1.41. The van der Waals surface area contributed by atoms with Gasteiger partial charge >= 0.3 is 0 Å². The quantitative estimate of drug-likeness (QED) is 0.835. The zero-order valence-electron chi connectivity index (χ0n) is 10.1. The Morgan fingerprint density at radius 1 is 1.35 bits per heavy atom. The molecule has 1 N–H and O–H groups in total. The summed E-state index contributed by atoms with van der Waals surface area (Å²) in [6.07, 6.45) is 4.03. The molecule has 0 aliphatic carbocycles. The van der Waals surface area contributed by atoms with Crippen LogP contribution in [-0.4, -0.2) is 10.9 Å². The standard InChI is InChI=1S/C14H9BrClFN2O/c15-12-7-11(17)8-18-14(12)19-13(20)6-3-9-1-4-10(16)5-2-9/h1-8H,(H,18,19,20)/b6-3+. The van der Waals surface area contributed by atoms with Crippen molar-refractivity contribution in [1.82, 2.24) is 4.98 Å². The number of nitrogens with zero attached hydrogens (tertiary/aromatic N) is 1. The van der Waals surface area contributed by atoms with E-state index in [1.165, 1.54) is 12.1 Å². The number of anilines is 1.